The molecule has 10 heteroatoms. The van der Waals surface area contributed by atoms with Gasteiger partial charge in [0.2, 0.25) is 0 Å². The Morgan fingerprint density at radius 2 is 1.59 bits per heavy atom. The van der Waals surface area contributed by atoms with Crippen molar-refractivity contribution in [1.29, 1.82) is 0 Å². The number of hydrogen-bond donors (Lipinski definition) is 1. The van der Waals surface area contributed by atoms with Gasteiger partial charge >= 0.3 is 112 Å². The topological polar surface area (TPSA) is 36.9 Å². The third-order valence-corrected chi connectivity index (χ3v) is 5.55. The van der Waals surface area contributed by atoms with E-state index >= 15 is 0 Å². The predicted molar refractivity (Wildman–Crippen MR) is 120 cm³/mol. The van der Waals surface area contributed by atoms with Crippen LogP contribution in [-0.4, -0.2) is 16.1 Å². The quantitative estimate of drug-likeness (QED) is 0.262. The molecule has 0 spiro atoms. The summed E-state index contributed by atoms with van der Waals surface area (Å²) in [5.74, 6) is 0.724. The minimum absolute atomic E-state index is 0.481. The number of nitrogens with one attached hydrogen (secondary N) is 1. The number of benzene rings is 2. The van der Waals surface area contributed by atoms with Crippen molar-refractivity contribution in [1.82, 2.24) is 16.1 Å². The van der Waals surface area contributed by atoms with E-state index in [2.05, 4.69) is 108 Å². The van der Waals surface area contributed by atoms with Gasteiger partial charge in [-0.3, -0.25) is 0 Å². The van der Waals surface area contributed by atoms with E-state index in [4.69, 9.17) is 0 Å². The molecule has 2 aromatic carbocycles. The fourth-order valence-electron chi connectivity index (χ4n) is 2.35. The van der Waals surface area contributed by atoms with Gasteiger partial charge in [0.15, 0.2) is 0 Å². The van der Waals surface area contributed by atoms with E-state index in [9.17, 15) is 13.2 Å². The summed E-state index contributed by atoms with van der Waals surface area (Å²) in [6.07, 6.45) is -3.81. The molecule has 1 N–H and O–H groups in total. The molecule has 0 fully saturated rings. The molecule has 0 bridgehead atoms. The van der Waals surface area contributed by atoms with E-state index in [0.717, 1.165) is 33.9 Å². The molecule has 160 valence electrons. The van der Waals surface area contributed by atoms with E-state index in [1.807, 2.05) is 0 Å². The van der Waals surface area contributed by atoms with Gasteiger partial charge in [0, 0.05) is 52.3 Å². The minimum atomic E-state index is -4.29. The Labute approximate surface area is 206 Å². The molecule has 1 aromatic heterocycles. The van der Waals surface area contributed by atoms with Crippen molar-refractivity contribution in [2.75, 3.05) is 0 Å². The van der Waals surface area contributed by atoms with Crippen LogP contribution in [0.2, 0.25) is 0 Å². The van der Waals surface area contributed by atoms with Crippen LogP contribution >= 0.6 is 45.7 Å². The van der Waals surface area contributed by atoms with Crippen molar-refractivity contribution in [2.45, 2.75) is 26.1 Å². The maximum absolute atomic E-state index is 12.4. The molecule has 0 aliphatic carbocycles. The third-order valence-electron chi connectivity index (χ3n) is 3.85. The van der Waals surface area contributed by atoms with Gasteiger partial charge in [0.05, 0.1) is 0 Å². The maximum atomic E-state index is 12.4. The summed E-state index contributed by atoms with van der Waals surface area (Å²) in [6.45, 7) is 3.11. The van der Waals surface area contributed by atoms with Crippen LogP contribution < -0.4 is 0 Å². The van der Waals surface area contributed by atoms with E-state index in [0.29, 0.717) is 6.42 Å². The first-order valence-corrected chi connectivity index (χ1v) is 11.5. The van der Waals surface area contributed by atoms with E-state index in [-0.39, 0.29) is 0 Å². The normalized spacial score (nSPS) is 11.4. The average Bonchev–Trinajstić information content (AvgIpc) is 2.94. The van der Waals surface area contributed by atoms with Crippen LogP contribution in [0, 0.1) is 10.7 Å². The van der Waals surface area contributed by atoms with Crippen molar-refractivity contribution < 1.29 is 32.5 Å². The fraction of sp³-hybridized carbons (Fsp3) is 0.263. The number of aromatic amines is 1. The molecule has 1 heterocycles. The monoisotopic (exact) mass is 809 g/mol. The molecule has 29 heavy (non-hydrogen) atoms. The van der Waals surface area contributed by atoms with Gasteiger partial charge < -0.3 is 0 Å². The van der Waals surface area contributed by atoms with Crippen molar-refractivity contribution >= 4 is 45.7 Å². The Bertz CT molecular complexity index is 965. The van der Waals surface area contributed by atoms with Crippen LogP contribution in [0.25, 0.3) is 0 Å². The second kappa shape index (κ2) is 11.2. The Morgan fingerprint density at radius 3 is 2.03 bits per heavy atom. The molecule has 3 rings (SSSR count). The first-order chi connectivity index (χ1) is 13.5. The summed E-state index contributed by atoms with van der Waals surface area (Å²) >= 11 is 6.63. The zero-order valence-corrected chi connectivity index (χ0v) is 22.2. The van der Waals surface area contributed by atoms with Gasteiger partial charge in [-0.05, 0) is 12.5 Å². The van der Waals surface area contributed by atoms with E-state index in [1.165, 1.54) is 23.3 Å². The predicted octanol–water partition coefficient (Wildman–Crippen LogP) is 5.93. The van der Waals surface area contributed by atoms with Gasteiger partial charge in [-0.25, -0.2) is 0 Å². The fourth-order valence-corrected chi connectivity index (χ4v) is 3.58. The summed E-state index contributed by atoms with van der Waals surface area (Å²) in [4.78, 5) is 3.05. The zero-order chi connectivity index (χ0) is 21.6. The SMILES string of the molecule is Cc1ccc(CN(I)I)cc1.Cn1nc(Cc2ccc(C(F)(F)F)cc2)[nH][c]1=[Pt]. The third kappa shape index (κ3) is 8.62. The molecule has 3 aromatic rings. The first kappa shape index (κ1) is 24.7. The average molecular weight is 809 g/mol. The second-order valence-corrected chi connectivity index (χ2v) is 11.5. The Kier molecular flexibility index (Phi) is 9.55. The van der Waals surface area contributed by atoms with Crippen molar-refractivity contribution in [3.8, 4) is 0 Å². The molecule has 0 atom stereocenters. The second-order valence-electron chi connectivity index (χ2n) is 6.27. The number of alkyl halides is 3. The molecule has 0 radical (unpaired) electrons. The summed E-state index contributed by atoms with van der Waals surface area (Å²) in [7, 11) is 1.80. The molecule has 0 saturated carbocycles. The molecule has 0 aliphatic heterocycles. The molecule has 0 aliphatic rings. The van der Waals surface area contributed by atoms with Crippen molar-refractivity contribution in [3.63, 3.8) is 0 Å². The van der Waals surface area contributed by atoms with E-state index < -0.39 is 11.7 Å². The molecule has 0 unspecified atom stereocenters. The molecule has 4 nitrogen and oxygen atoms in total. The van der Waals surface area contributed by atoms with Crippen molar-refractivity contribution in [2.24, 2.45) is 7.05 Å². The van der Waals surface area contributed by atoms with Crippen LogP contribution in [0.15, 0.2) is 48.5 Å². The van der Waals surface area contributed by atoms with Crippen LogP contribution in [0.1, 0.15) is 28.1 Å². The molecule has 0 amide bonds. The first-order valence-electron chi connectivity index (χ1n) is 8.43. The van der Waals surface area contributed by atoms with Crippen LogP contribution in [0.4, 0.5) is 13.2 Å². The Balaban J connectivity index is 0.000000234. The Hall–Kier alpha value is -0.522. The van der Waals surface area contributed by atoms with Crippen molar-refractivity contribution in [3.05, 3.63) is 80.4 Å². The van der Waals surface area contributed by atoms with Gasteiger partial charge in [0.25, 0.3) is 0 Å². The number of aromatic nitrogens is 3. The zero-order valence-electron chi connectivity index (χ0n) is 15.6. The Morgan fingerprint density at radius 1 is 1.03 bits per heavy atom. The number of nitrogens with zero attached hydrogens (tertiary/aromatic N) is 3. The number of rotatable bonds is 4. The molecule has 0 saturated heterocycles. The molecular formula is C19H19F3I2N4Pt. The van der Waals surface area contributed by atoms with Crippen LogP contribution in [0.3, 0.4) is 0 Å². The summed E-state index contributed by atoms with van der Waals surface area (Å²) in [5, 5.41) is 4.21. The number of aryl methyl sites for hydroxylation is 2. The summed E-state index contributed by atoms with van der Waals surface area (Å²) in [5.41, 5.74) is 2.83. The van der Waals surface area contributed by atoms with Gasteiger partial charge in [-0.2, -0.15) is 1.33 Å². The molecular weight excluding hydrogens is 790 g/mol. The van der Waals surface area contributed by atoms with E-state index in [1.54, 1.807) is 11.7 Å². The van der Waals surface area contributed by atoms with Gasteiger partial charge in [-0.15, -0.1) is 0 Å². The van der Waals surface area contributed by atoms with Crippen LogP contribution in [-0.2, 0) is 45.5 Å². The number of H-pyrrole nitrogens is 1. The van der Waals surface area contributed by atoms with Crippen LogP contribution in [0.5, 0.6) is 0 Å². The summed E-state index contributed by atoms with van der Waals surface area (Å²) in [6, 6.07) is 13.7. The van der Waals surface area contributed by atoms with Gasteiger partial charge in [-0.1, -0.05) is 29.8 Å². The number of hydrogen-bond acceptors (Lipinski definition) is 2. The van der Waals surface area contributed by atoms with Gasteiger partial charge in [0.1, 0.15) is 0 Å². The standard InChI is InChI=1S/C11H10F3N3.C8H9I2N.Pt/c1-17-7-15-10(16-17)6-8-2-4-9(5-3-8)11(12,13)14;1-7-2-4-8(5-3-7)6-11(9)10;/h2-5H,6H2,1H3,(H,15,16);2-5H,6H2,1H3;. The summed E-state index contributed by atoms with van der Waals surface area (Å²) < 4.78 is 41.8. The number of halogens is 5.